The van der Waals surface area contributed by atoms with Crippen molar-refractivity contribution in [1.82, 2.24) is 0 Å². The van der Waals surface area contributed by atoms with Crippen LogP contribution in [0.5, 0.6) is 0 Å². The lowest BCUT2D eigenvalue weighted by Crippen LogP contribution is -2.52. The Morgan fingerprint density at radius 1 is 1.05 bits per heavy atom. The van der Waals surface area contributed by atoms with Gasteiger partial charge < -0.3 is 9.84 Å². The summed E-state index contributed by atoms with van der Waals surface area (Å²) < 4.78 is 41.5. The second kappa shape index (κ2) is 5.73. The van der Waals surface area contributed by atoms with Crippen molar-refractivity contribution in [2.45, 2.75) is 63.6 Å². The molecule has 4 fully saturated rings. The van der Waals surface area contributed by atoms with Crippen LogP contribution in [0.15, 0.2) is 0 Å². The molecule has 0 heterocycles. The average Bonchev–Trinajstić information content (AvgIpc) is 2.35. The van der Waals surface area contributed by atoms with Gasteiger partial charge in [-0.1, -0.05) is 0 Å². The van der Waals surface area contributed by atoms with Crippen LogP contribution in [0.1, 0.15) is 51.4 Å². The van der Waals surface area contributed by atoms with Crippen molar-refractivity contribution >= 4 is 0 Å². The first-order valence-corrected chi connectivity index (χ1v) is 8.19. The minimum Gasteiger partial charge on any atom is -0.390 e. The zero-order chi connectivity index (χ0) is 15.1. The second-order valence-electron chi connectivity index (χ2n) is 7.59. The van der Waals surface area contributed by atoms with E-state index in [1.54, 1.807) is 0 Å². The monoisotopic (exact) mass is 306 g/mol. The molecule has 0 radical (unpaired) electrons. The Morgan fingerprint density at radius 2 is 1.57 bits per heavy atom. The van der Waals surface area contributed by atoms with Crippen LogP contribution in [0.4, 0.5) is 13.2 Å². The quantitative estimate of drug-likeness (QED) is 0.754. The van der Waals surface area contributed by atoms with Gasteiger partial charge >= 0.3 is 6.18 Å². The second-order valence-corrected chi connectivity index (χ2v) is 7.59. The van der Waals surface area contributed by atoms with E-state index in [2.05, 4.69) is 0 Å². The summed E-state index contributed by atoms with van der Waals surface area (Å²) >= 11 is 0. The van der Waals surface area contributed by atoms with E-state index < -0.39 is 18.7 Å². The van der Waals surface area contributed by atoms with Gasteiger partial charge in [0.2, 0.25) is 0 Å². The molecule has 2 nitrogen and oxygen atoms in total. The Balaban J connectivity index is 1.44. The first-order chi connectivity index (χ1) is 9.86. The van der Waals surface area contributed by atoms with E-state index >= 15 is 0 Å². The van der Waals surface area contributed by atoms with Crippen LogP contribution in [-0.2, 0) is 4.74 Å². The molecule has 122 valence electrons. The van der Waals surface area contributed by atoms with Crippen LogP contribution in [-0.4, -0.2) is 30.6 Å². The third-order valence-corrected chi connectivity index (χ3v) is 5.82. The summed E-state index contributed by atoms with van der Waals surface area (Å²) in [6.45, 7) is 0.285. The third-order valence-electron chi connectivity index (χ3n) is 5.82. The molecule has 0 saturated heterocycles. The summed E-state index contributed by atoms with van der Waals surface area (Å²) in [5, 5.41) is 10.5. The summed E-state index contributed by atoms with van der Waals surface area (Å²) in [6, 6.07) is 0. The Kier molecular flexibility index (Phi) is 4.25. The van der Waals surface area contributed by atoms with Gasteiger partial charge in [0.15, 0.2) is 0 Å². The lowest BCUT2D eigenvalue weighted by molar-refractivity contribution is -0.148. The molecule has 0 aromatic rings. The summed E-state index contributed by atoms with van der Waals surface area (Å²) in [7, 11) is 0. The highest BCUT2D eigenvalue weighted by Crippen LogP contribution is 2.61. The highest BCUT2D eigenvalue weighted by molar-refractivity contribution is 5.04. The highest BCUT2D eigenvalue weighted by Gasteiger charge is 2.53. The van der Waals surface area contributed by atoms with Crippen molar-refractivity contribution in [3.05, 3.63) is 0 Å². The molecule has 4 aliphatic carbocycles. The van der Waals surface area contributed by atoms with Crippen molar-refractivity contribution in [2.75, 3.05) is 13.2 Å². The zero-order valence-electron chi connectivity index (χ0n) is 12.4. The fourth-order valence-electron chi connectivity index (χ4n) is 5.33. The molecule has 4 aliphatic rings. The summed E-state index contributed by atoms with van der Waals surface area (Å²) in [6.07, 6.45) is 1.79. The third kappa shape index (κ3) is 3.55. The number of aliphatic hydroxyl groups is 1. The van der Waals surface area contributed by atoms with Gasteiger partial charge in [-0.05, 0) is 68.1 Å². The molecule has 1 atom stereocenters. The molecule has 0 amide bonds. The Morgan fingerprint density at radius 3 is 2.05 bits per heavy atom. The van der Waals surface area contributed by atoms with Gasteiger partial charge in [-0.25, -0.2) is 0 Å². The summed E-state index contributed by atoms with van der Waals surface area (Å²) in [5.41, 5.74) is -0.00121. The van der Waals surface area contributed by atoms with Crippen molar-refractivity contribution in [2.24, 2.45) is 23.2 Å². The van der Waals surface area contributed by atoms with Gasteiger partial charge in [-0.2, -0.15) is 13.2 Å². The van der Waals surface area contributed by atoms with E-state index in [0.717, 1.165) is 37.0 Å². The summed E-state index contributed by atoms with van der Waals surface area (Å²) in [5.74, 6) is 2.28. The molecule has 4 rings (SSSR count). The van der Waals surface area contributed by atoms with E-state index in [0.29, 0.717) is 0 Å². The van der Waals surface area contributed by atoms with Crippen LogP contribution < -0.4 is 0 Å². The number of hydrogen-bond donors (Lipinski definition) is 1. The van der Waals surface area contributed by atoms with Crippen molar-refractivity contribution in [1.29, 1.82) is 0 Å². The highest BCUT2D eigenvalue weighted by atomic mass is 19.4. The standard InChI is InChI=1S/C16H25F3O2/c17-16(18,19)2-1-3-21-10-14(20)15-7-11-4-12(8-15)6-13(5-11)9-15/h11-14,20H,1-10H2. The average molecular weight is 306 g/mol. The van der Waals surface area contributed by atoms with E-state index in [1.807, 2.05) is 0 Å². The normalized spacial score (nSPS) is 39.7. The van der Waals surface area contributed by atoms with Gasteiger partial charge in [0, 0.05) is 13.0 Å². The zero-order valence-corrected chi connectivity index (χ0v) is 12.4. The molecule has 0 aromatic heterocycles. The molecule has 0 aromatic carbocycles. The Bertz CT molecular complexity index is 332. The van der Waals surface area contributed by atoms with Crippen molar-refractivity contribution < 1.29 is 23.0 Å². The minimum absolute atomic E-state index is 0.00121. The number of alkyl halides is 3. The molecule has 4 bridgehead atoms. The fourth-order valence-corrected chi connectivity index (χ4v) is 5.33. The molecule has 1 N–H and O–H groups in total. The maximum atomic E-state index is 12.0. The Hall–Kier alpha value is -0.290. The summed E-state index contributed by atoms with van der Waals surface area (Å²) in [4.78, 5) is 0. The lowest BCUT2D eigenvalue weighted by atomic mass is 9.48. The number of hydrogen-bond acceptors (Lipinski definition) is 2. The number of rotatable bonds is 6. The minimum atomic E-state index is -4.11. The topological polar surface area (TPSA) is 29.5 Å². The predicted octanol–water partition coefficient (Wildman–Crippen LogP) is 3.92. The van der Waals surface area contributed by atoms with Crippen LogP contribution in [0, 0.1) is 23.2 Å². The van der Waals surface area contributed by atoms with Gasteiger partial charge in [0.05, 0.1) is 12.7 Å². The Labute approximate surface area is 124 Å². The van der Waals surface area contributed by atoms with Crippen LogP contribution in [0.2, 0.25) is 0 Å². The van der Waals surface area contributed by atoms with Crippen molar-refractivity contribution in [3.63, 3.8) is 0 Å². The van der Waals surface area contributed by atoms with E-state index in [4.69, 9.17) is 4.74 Å². The largest absolute Gasteiger partial charge is 0.390 e. The number of halogens is 3. The lowest BCUT2D eigenvalue weighted by Gasteiger charge is -2.58. The van der Waals surface area contributed by atoms with Gasteiger partial charge in [-0.15, -0.1) is 0 Å². The van der Waals surface area contributed by atoms with Gasteiger partial charge in [0.25, 0.3) is 0 Å². The first-order valence-electron chi connectivity index (χ1n) is 8.19. The molecule has 0 spiro atoms. The van der Waals surface area contributed by atoms with E-state index in [-0.39, 0.29) is 25.0 Å². The van der Waals surface area contributed by atoms with Gasteiger partial charge in [-0.3, -0.25) is 0 Å². The van der Waals surface area contributed by atoms with Crippen LogP contribution in [0.25, 0.3) is 0 Å². The first kappa shape index (κ1) is 15.6. The molecular formula is C16H25F3O2. The molecule has 4 saturated carbocycles. The smallest absolute Gasteiger partial charge is 0.389 e. The molecule has 0 aliphatic heterocycles. The van der Waals surface area contributed by atoms with Crippen LogP contribution in [0.3, 0.4) is 0 Å². The fraction of sp³-hybridized carbons (Fsp3) is 1.00. The maximum absolute atomic E-state index is 12.0. The van der Waals surface area contributed by atoms with Gasteiger partial charge in [0.1, 0.15) is 0 Å². The van der Waals surface area contributed by atoms with Crippen molar-refractivity contribution in [3.8, 4) is 0 Å². The SMILES string of the molecule is OC(COCCCC(F)(F)F)C12CC3CC(CC(C3)C1)C2. The molecule has 1 unspecified atom stereocenters. The predicted molar refractivity (Wildman–Crippen MR) is 72.7 cm³/mol. The number of aliphatic hydroxyl groups excluding tert-OH is 1. The number of ether oxygens (including phenoxy) is 1. The van der Waals surface area contributed by atoms with E-state index in [1.165, 1.54) is 19.3 Å². The molecular weight excluding hydrogens is 281 g/mol. The van der Waals surface area contributed by atoms with Crippen LogP contribution >= 0.6 is 0 Å². The molecule has 21 heavy (non-hydrogen) atoms. The van der Waals surface area contributed by atoms with E-state index in [9.17, 15) is 18.3 Å². The molecule has 5 heteroatoms. The maximum Gasteiger partial charge on any atom is 0.389 e.